The lowest BCUT2D eigenvalue weighted by Gasteiger charge is -2.58. The Hall–Kier alpha value is -0.480. The van der Waals surface area contributed by atoms with Crippen LogP contribution in [-0.4, -0.2) is 11.2 Å². The van der Waals surface area contributed by atoms with Gasteiger partial charge in [0.05, 0.1) is 18.2 Å². The van der Waals surface area contributed by atoms with Crippen LogP contribution in [0.1, 0.15) is 197 Å². The molecule has 0 saturated heterocycles. The molecule has 60 heavy (non-hydrogen) atoms. The number of aliphatic hydroxyl groups excluding tert-OH is 1. The maximum Gasteiger partial charge on any atom is 0.0621 e. The van der Waals surface area contributed by atoms with Crippen LogP contribution < -0.4 is 0 Å². The van der Waals surface area contributed by atoms with Crippen LogP contribution in [0.4, 0.5) is 0 Å². The lowest BCUT2D eigenvalue weighted by Crippen LogP contribution is -2.50. The van der Waals surface area contributed by atoms with Crippen LogP contribution in [0.15, 0.2) is 23.3 Å². The fourth-order valence-electron chi connectivity index (χ4n) is 16.9. The van der Waals surface area contributed by atoms with E-state index < -0.39 is 0 Å². The van der Waals surface area contributed by atoms with Crippen molar-refractivity contribution in [2.75, 3.05) is 0 Å². The molecular weight excluding hydrogens is 829 g/mol. The molecule has 0 bridgehead atoms. The van der Waals surface area contributed by atoms with Crippen molar-refractivity contribution >= 4 is 49.0 Å². The predicted molar refractivity (Wildman–Crippen MR) is 266 cm³/mol. The third-order valence-corrected chi connectivity index (χ3v) is 24.3. The van der Waals surface area contributed by atoms with Crippen molar-refractivity contribution in [1.29, 1.82) is 10.5 Å². The highest BCUT2D eigenvalue weighted by atomic mass is 33.3. The number of nitriles is 2. The first-order chi connectivity index (χ1) is 28.2. The van der Waals surface area contributed by atoms with Gasteiger partial charge >= 0.3 is 0 Å². The Morgan fingerprint density at radius 3 is 1.55 bits per heavy atom. The predicted octanol–water partition coefficient (Wildman–Crippen LogP) is 14.4. The summed E-state index contributed by atoms with van der Waals surface area (Å²) in [5.41, 5.74) is 5.39. The molecular formula is C52H84N2OS5. The molecule has 8 aliphatic carbocycles. The second kappa shape index (κ2) is 21.7. The number of hydrogen-bond acceptors (Lipinski definition) is 5. The van der Waals surface area contributed by atoms with E-state index in [0.29, 0.717) is 21.7 Å². The van der Waals surface area contributed by atoms with E-state index in [1.165, 1.54) is 129 Å². The van der Waals surface area contributed by atoms with E-state index in [1.54, 1.807) is 5.57 Å². The summed E-state index contributed by atoms with van der Waals surface area (Å²) in [6.07, 6.45) is 32.8. The topological polar surface area (TPSA) is 67.8 Å². The molecule has 16 atom stereocenters. The number of nitrogens with zero attached hydrogens (tertiary/aromatic N) is 2. The zero-order valence-electron chi connectivity index (χ0n) is 38.0. The van der Waals surface area contributed by atoms with E-state index in [1.807, 2.05) is 5.57 Å². The smallest absolute Gasteiger partial charge is 0.0621 e. The molecule has 8 heteroatoms. The molecule has 0 unspecified atom stereocenters. The molecule has 1 N–H and O–H groups in total. The van der Waals surface area contributed by atoms with Gasteiger partial charge in [0.2, 0.25) is 0 Å². The Kier molecular flexibility index (Phi) is 18.2. The molecule has 0 aromatic rings. The molecule has 6 saturated carbocycles. The zero-order valence-corrected chi connectivity index (χ0v) is 42.1. The molecule has 0 amide bonds. The van der Waals surface area contributed by atoms with Gasteiger partial charge in [0.25, 0.3) is 0 Å². The van der Waals surface area contributed by atoms with E-state index >= 15 is 0 Å². The summed E-state index contributed by atoms with van der Waals surface area (Å²) in [4.78, 5) is 0. The maximum absolute atomic E-state index is 10.2. The van der Waals surface area contributed by atoms with Gasteiger partial charge in [0.15, 0.2) is 0 Å². The van der Waals surface area contributed by atoms with Gasteiger partial charge in [-0.15, -0.1) is 0 Å². The Balaban J connectivity index is 0.000000202. The standard InChI is InChI=1S/C26H41N.C25H39NO.CH4.S5/c1-18-12-14-25(3)20(17-18)8-9-21-23-11-10-22(19(2)7-5-6-16-27)26(23,4)15-13-24(21)25;1-17(6-4-5-15-26)21-9-10-22-20-8-7-18-16-19(27)11-13-24(18,2)23(20)12-14-25(21,22)3;;1-3-5-4-2/h8,18-19,21-24H,5-7,9-15,17H2,1-4H3;7,17,19-23,27H,4-6,8-14,16H2,1-3H3;1H4;/t18-,19+,21-,22+,23-,24-,25-,26+;17-,19+,20+,21-,22+,23+,24+,25-;;/m01../s1. The highest BCUT2D eigenvalue weighted by Gasteiger charge is 2.60. The quantitative estimate of drug-likeness (QED) is 0.194. The Labute approximate surface area is 387 Å². The van der Waals surface area contributed by atoms with Crippen molar-refractivity contribution in [3.8, 4) is 12.1 Å². The number of hydrogen-bond donors (Lipinski definition) is 1. The minimum absolute atomic E-state index is 0. The second-order valence-electron chi connectivity index (χ2n) is 22.5. The first-order valence-electron chi connectivity index (χ1n) is 24.3. The van der Waals surface area contributed by atoms with Crippen molar-refractivity contribution < 1.29 is 5.11 Å². The number of aliphatic hydroxyl groups is 1. The fourth-order valence-corrected chi connectivity index (χ4v) is 19.6. The zero-order chi connectivity index (χ0) is 42.6. The average molecular weight is 914 g/mol. The highest BCUT2D eigenvalue weighted by molar-refractivity contribution is 8.59. The Morgan fingerprint density at radius 2 is 1.12 bits per heavy atom. The normalized spacial score (nSPS) is 43.0. The first kappa shape index (κ1) is 50.5. The third kappa shape index (κ3) is 10.0. The van der Waals surface area contributed by atoms with Crippen LogP contribution in [0.25, 0.3) is 0 Å². The molecule has 8 rings (SSSR count). The molecule has 0 aromatic heterocycles. The van der Waals surface area contributed by atoms with Crippen molar-refractivity contribution in [3.05, 3.63) is 23.3 Å². The molecule has 6 fully saturated rings. The van der Waals surface area contributed by atoms with E-state index in [0.717, 1.165) is 104 Å². The van der Waals surface area contributed by atoms with Gasteiger partial charge in [-0.05, 0) is 215 Å². The lowest BCUT2D eigenvalue weighted by molar-refractivity contribution is -0.0572. The van der Waals surface area contributed by atoms with Gasteiger partial charge in [0.1, 0.15) is 0 Å². The van der Waals surface area contributed by atoms with Gasteiger partial charge in [-0.25, -0.2) is 0 Å². The summed E-state index contributed by atoms with van der Waals surface area (Å²) in [7, 11) is 3.95. The second-order valence-corrected chi connectivity index (χ2v) is 27.8. The summed E-state index contributed by atoms with van der Waals surface area (Å²) in [5.74, 6) is 9.67. The maximum atomic E-state index is 10.2. The first-order valence-corrected chi connectivity index (χ1v) is 29.6. The third-order valence-electron chi connectivity index (χ3n) is 19.9. The van der Waals surface area contributed by atoms with Crippen molar-refractivity contribution in [2.45, 2.75) is 203 Å². The van der Waals surface area contributed by atoms with Crippen LogP contribution in [0, 0.1) is 109 Å². The van der Waals surface area contributed by atoms with Crippen LogP contribution in [0.3, 0.4) is 0 Å². The molecule has 0 aromatic carbocycles. The van der Waals surface area contributed by atoms with Gasteiger partial charge in [0, 0.05) is 61.9 Å². The highest BCUT2D eigenvalue weighted by Crippen LogP contribution is 2.69. The SMILES string of the molecule is C.C[C@H](CCCC#N)[C@H]1CC[C@H]2[C@@H]3CC=C4C[C@@H](O)CC[C@]4(C)[C@H]3CC[C@]12C.C[C@H]1CC[C@@]2(C)C(=CC[C@H]3[C@@H]4CC[C@H]([C@H](C)CCCC#N)[C@@]4(C)CC[C@@H]32)C1.S=S=S=S=S. The van der Waals surface area contributed by atoms with E-state index in [2.05, 4.69) is 95.1 Å². The number of unbranched alkanes of at least 4 members (excludes halogenated alkanes) is 2. The molecule has 0 aliphatic heterocycles. The monoisotopic (exact) mass is 913 g/mol. The van der Waals surface area contributed by atoms with Crippen LogP contribution in [0.2, 0.25) is 0 Å². The van der Waals surface area contributed by atoms with Crippen LogP contribution in [0.5, 0.6) is 0 Å². The van der Waals surface area contributed by atoms with Crippen LogP contribution >= 0.6 is 0 Å². The lowest BCUT2D eigenvalue weighted by atomic mass is 9.46. The van der Waals surface area contributed by atoms with Gasteiger partial charge in [-0.3, -0.25) is 0 Å². The van der Waals surface area contributed by atoms with Gasteiger partial charge in [-0.2, -0.15) is 10.5 Å². The van der Waals surface area contributed by atoms with Crippen LogP contribution in [-0.2, 0) is 49.0 Å². The molecule has 3 nitrogen and oxygen atoms in total. The molecule has 338 valence electrons. The summed E-state index contributed by atoms with van der Waals surface area (Å²) in [6.45, 7) is 17.9. The molecule has 0 spiro atoms. The van der Waals surface area contributed by atoms with Crippen molar-refractivity contribution in [3.63, 3.8) is 0 Å². The number of rotatable bonds is 8. The minimum atomic E-state index is -0.0974. The number of fused-ring (bicyclic) bond motifs is 10. The number of allylic oxidation sites excluding steroid dienone is 3. The van der Waals surface area contributed by atoms with Gasteiger partial charge < -0.3 is 5.11 Å². The molecule has 8 aliphatic rings. The largest absolute Gasteiger partial charge is 0.393 e. The molecule has 0 heterocycles. The van der Waals surface area contributed by atoms with Gasteiger partial charge in [-0.1, -0.05) is 79.2 Å². The Morgan fingerprint density at radius 1 is 0.667 bits per heavy atom. The summed E-state index contributed by atoms with van der Waals surface area (Å²) in [5, 5.41) is 27.9. The summed E-state index contributed by atoms with van der Waals surface area (Å²) < 4.78 is 0. The summed E-state index contributed by atoms with van der Waals surface area (Å²) >= 11 is 8.89. The van der Waals surface area contributed by atoms with E-state index in [-0.39, 0.29) is 13.5 Å². The average Bonchev–Trinajstić information content (AvgIpc) is 3.76. The fraction of sp³-hybridized carbons (Fsp3) is 0.885. The minimum Gasteiger partial charge on any atom is -0.393 e. The van der Waals surface area contributed by atoms with E-state index in [9.17, 15) is 5.11 Å². The van der Waals surface area contributed by atoms with E-state index in [4.69, 9.17) is 10.5 Å². The summed E-state index contributed by atoms with van der Waals surface area (Å²) in [6, 6.07) is 4.67. The van der Waals surface area contributed by atoms with Crippen molar-refractivity contribution in [1.82, 2.24) is 0 Å². The molecule has 0 radical (unpaired) electrons. The van der Waals surface area contributed by atoms with Crippen molar-refractivity contribution in [2.24, 2.45) is 86.8 Å². The Bertz CT molecular complexity index is 1630.